The van der Waals surface area contributed by atoms with Crippen molar-refractivity contribution in [1.82, 2.24) is 0 Å². The molecule has 0 spiro atoms. The molecule has 3 aromatic rings. The van der Waals surface area contributed by atoms with Crippen molar-refractivity contribution in [3.8, 4) is 40.1 Å². The average Bonchev–Trinajstić information content (AvgIpc) is 2.73. The van der Waals surface area contributed by atoms with E-state index in [4.69, 9.17) is 9.15 Å². The minimum atomic E-state index is -0.537. The lowest BCUT2D eigenvalue weighted by molar-refractivity contribution is 0.362. The molecule has 0 aliphatic carbocycles. The molecule has 33 heavy (non-hydrogen) atoms. The zero-order valence-corrected chi connectivity index (χ0v) is 19.3. The molecular weight excluding hydrogens is 424 g/mol. The van der Waals surface area contributed by atoms with E-state index in [2.05, 4.69) is 0 Å². The van der Waals surface area contributed by atoms with E-state index < -0.39 is 11.2 Å². The Morgan fingerprint density at radius 1 is 0.939 bits per heavy atom. The quantitative estimate of drug-likeness (QED) is 0.295. The van der Waals surface area contributed by atoms with Gasteiger partial charge in [-0.1, -0.05) is 23.3 Å². The molecule has 7 nitrogen and oxygen atoms in total. The van der Waals surface area contributed by atoms with E-state index in [0.29, 0.717) is 0 Å². The van der Waals surface area contributed by atoms with Gasteiger partial charge in [0.05, 0.1) is 12.7 Å². The number of fused-ring (bicyclic) bond motifs is 1. The first-order valence-corrected chi connectivity index (χ1v) is 10.5. The highest BCUT2D eigenvalue weighted by atomic mass is 16.5. The van der Waals surface area contributed by atoms with Crippen LogP contribution in [-0.2, 0) is 12.8 Å². The number of hydrogen-bond acceptors (Lipinski definition) is 7. The van der Waals surface area contributed by atoms with E-state index in [1.54, 1.807) is 0 Å². The van der Waals surface area contributed by atoms with Crippen LogP contribution >= 0.6 is 0 Å². The fraction of sp³-hybridized carbons (Fsp3) is 0.269. The van der Waals surface area contributed by atoms with Crippen molar-refractivity contribution in [1.29, 1.82) is 0 Å². The highest BCUT2D eigenvalue weighted by molar-refractivity contribution is 5.94. The Hall–Kier alpha value is -3.87. The third kappa shape index (κ3) is 4.53. The van der Waals surface area contributed by atoms with Crippen molar-refractivity contribution < 1.29 is 29.6 Å². The van der Waals surface area contributed by atoms with Crippen LogP contribution < -0.4 is 10.2 Å². The molecule has 0 fully saturated rings. The van der Waals surface area contributed by atoms with Crippen molar-refractivity contribution >= 4 is 11.0 Å². The van der Waals surface area contributed by atoms with Gasteiger partial charge in [0.15, 0.2) is 11.3 Å². The predicted molar refractivity (Wildman–Crippen MR) is 127 cm³/mol. The first kappa shape index (κ1) is 23.8. The predicted octanol–water partition coefficient (Wildman–Crippen LogP) is 5.31. The summed E-state index contributed by atoms with van der Waals surface area (Å²) in [5, 5.41) is 41.9. The average molecular weight is 453 g/mol. The minimum Gasteiger partial charge on any atom is -0.508 e. The lowest BCUT2D eigenvalue weighted by Crippen LogP contribution is -2.12. The minimum absolute atomic E-state index is 0.00132. The highest BCUT2D eigenvalue weighted by Gasteiger charge is 2.27. The third-order valence-corrected chi connectivity index (χ3v) is 5.29. The monoisotopic (exact) mass is 452 g/mol. The van der Waals surface area contributed by atoms with Gasteiger partial charge in [-0.15, -0.1) is 0 Å². The molecule has 0 amide bonds. The number of allylic oxidation sites excluding steroid dienone is 4. The molecule has 0 unspecified atom stereocenters. The highest BCUT2D eigenvalue weighted by Crippen LogP contribution is 2.46. The lowest BCUT2D eigenvalue weighted by Gasteiger charge is -2.16. The van der Waals surface area contributed by atoms with E-state index in [1.165, 1.54) is 19.2 Å². The largest absolute Gasteiger partial charge is 0.508 e. The molecule has 0 aliphatic rings. The van der Waals surface area contributed by atoms with Crippen LogP contribution in [0.1, 0.15) is 38.8 Å². The molecule has 7 heteroatoms. The number of benzene rings is 2. The molecule has 174 valence electrons. The second-order valence-electron chi connectivity index (χ2n) is 8.32. The van der Waals surface area contributed by atoms with Crippen molar-refractivity contribution in [2.45, 2.75) is 40.5 Å². The maximum Gasteiger partial charge on any atom is 0.202 e. The first-order valence-electron chi connectivity index (χ1n) is 10.5. The summed E-state index contributed by atoms with van der Waals surface area (Å²) in [6, 6.07) is 3.90. The standard InChI is InChI=1S/C26H28O7/c1-13(2)6-9-17-21(29)20-22(30)18(10-7-14(3)4)25(32-5)23(31)26(20)33-24(17)16-11-8-15(27)12-19(16)28/h6-8,11-12,27-28,30-31H,9-10H2,1-5H3. The maximum absolute atomic E-state index is 13.6. The normalized spacial score (nSPS) is 10.8. The van der Waals surface area contributed by atoms with Crippen LogP contribution in [0, 0.1) is 0 Å². The van der Waals surface area contributed by atoms with Crippen LogP contribution in [0.2, 0.25) is 0 Å². The van der Waals surface area contributed by atoms with Crippen molar-refractivity contribution in [3.63, 3.8) is 0 Å². The summed E-state index contributed by atoms with van der Waals surface area (Å²) >= 11 is 0. The summed E-state index contributed by atoms with van der Waals surface area (Å²) in [5.74, 6) is -1.18. The van der Waals surface area contributed by atoms with Crippen LogP contribution in [0.25, 0.3) is 22.3 Å². The number of hydrogen-bond donors (Lipinski definition) is 4. The van der Waals surface area contributed by atoms with Gasteiger partial charge < -0.3 is 29.6 Å². The van der Waals surface area contributed by atoms with Crippen LogP contribution in [-0.4, -0.2) is 27.5 Å². The van der Waals surface area contributed by atoms with Crippen LogP contribution in [0.5, 0.6) is 28.7 Å². The molecule has 2 aromatic carbocycles. The zero-order valence-electron chi connectivity index (χ0n) is 19.3. The Labute approximate surface area is 191 Å². The van der Waals surface area contributed by atoms with E-state index in [1.807, 2.05) is 39.8 Å². The fourth-order valence-electron chi connectivity index (χ4n) is 3.59. The second-order valence-corrected chi connectivity index (χ2v) is 8.32. The molecule has 1 aromatic heterocycles. The van der Waals surface area contributed by atoms with E-state index >= 15 is 0 Å². The molecular formula is C26H28O7. The lowest BCUT2D eigenvalue weighted by atomic mass is 9.97. The van der Waals surface area contributed by atoms with E-state index in [0.717, 1.165) is 17.2 Å². The van der Waals surface area contributed by atoms with Crippen molar-refractivity contribution in [2.24, 2.45) is 0 Å². The second kappa shape index (κ2) is 9.32. The van der Waals surface area contributed by atoms with Crippen molar-refractivity contribution in [3.05, 3.63) is 62.8 Å². The third-order valence-electron chi connectivity index (χ3n) is 5.29. The van der Waals surface area contributed by atoms with Crippen LogP contribution in [0.15, 0.2) is 50.7 Å². The van der Waals surface area contributed by atoms with Gasteiger partial charge in [0.1, 0.15) is 28.4 Å². The number of phenolic OH excluding ortho intramolecular Hbond substituents is 4. The molecule has 4 N–H and O–H groups in total. The van der Waals surface area contributed by atoms with Gasteiger partial charge >= 0.3 is 0 Å². The molecule has 0 atom stereocenters. The molecule has 0 saturated carbocycles. The first-order chi connectivity index (χ1) is 15.6. The number of rotatable bonds is 6. The number of phenols is 4. The SMILES string of the molecule is COc1c(CC=C(C)C)c(O)c2c(=O)c(CC=C(C)C)c(-c3ccc(O)cc3O)oc2c1O. The Morgan fingerprint density at radius 2 is 1.55 bits per heavy atom. The summed E-state index contributed by atoms with van der Waals surface area (Å²) in [5.41, 5.74) is 1.79. The Morgan fingerprint density at radius 3 is 2.09 bits per heavy atom. The summed E-state index contributed by atoms with van der Waals surface area (Å²) < 4.78 is 11.3. The Kier molecular flexibility index (Phi) is 6.72. The van der Waals surface area contributed by atoms with Gasteiger partial charge in [-0.25, -0.2) is 0 Å². The Balaban J connectivity index is 2.48. The zero-order chi connectivity index (χ0) is 24.4. The topological polar surface area (TPSA) is 120 Å². The molecule has 0 radical (unpaired) electrons. The molecule has 0 aliphatic heterocycles. The van der Waals surface area contributed by atoms with Gasteiger partial charge in [-0.05, 0) is 52.7 Å². The molecule has 0 saturated heterocycles. The summed E-state index contributed by atoms with van der Waals surface area (Å²) in [7, 11) is 1.35. The van der Waals surface area contributed by atoms with Gasteiger partial charge in [0.2, 0.25) is 11.2 Å². The Bertz CT molecular complexity index is 1340. The van der Waals surface area contributed by atoms with E-state index in [9.17, 15) is 25.2 Å². The van der Waals surface area contributed by atoms with Gasteiger partial charge in [-0.2, -0.15) is 0 Å². The smallest absolute Gasteiger partial charge is 0.202 e. The maximum atomic E-state index is 13.6. The van der Waals surface area contributed by atoms with Gasteiger partial charge in [-0.3, -0.25) is 4.79 Å². The molecule has 1 heterocycles. The van der Waals surface area contributed by atoms with Gasteiger partial charge in [0, 0.05) is 17.2 Å². The number of ether oxygens (including phenoxy) is 1. The van der Waals surface area contributed by atoms with Crippen LogP contribution in [0.3, 0.4) is 0 Å². The van der Waals surface area contributed by atoms with Crippen molar-refractivity contribution in [2.75, 3.05) is 7.11 Å². The summed E-state index contributed by atoms with van der Waals surface area (Å²) in [4.78, 5) is 13.6. The summed E-state index contributed by atoms with van der Waals surface area (Å²) in [6.45, 7) is 7.55. The number of aromatic hydroxyl groups is 4. The van der Waals surface area contributed by atoms with Gasteiger partial charge in [0.25, 0.3) is 0 Å². The summed E-state index contributed by atoms with van der Waals surface area (Å²) in [6.07, 6.45) is 4.08. The number of methoxy groups -OCH3 is 1. The molecule has 0 bridgehead atoms. The molecule has 3 rings (SSSR count). The van der Waals surface area contributed by atoms with Crippen LogP contribution in [0.4, 0.5) is 0 Å². The van der Waals surface area contributed by atoms with E-state index in [-0.39, 0.29) is 69.3 Å². The fourth-order valence-corrected chi connectivity index (χ4v) is 3.59.